The maximum atomic E-state index is 13.5. The summed E-state index contributed by atoms with van der Waals surface area (Å²) in [5.74, 6) is -0.273. The van der Waals surface area contributed by atoms with Crippen molar-refractivity contribution in [2.24, 2.45) is 0 Å². The van der Waals surface area contributed by atoms with Crippen LogP contribution in [0, 0.1) is 0 Å². The topological polar surface area (TPSA) is 90.5 Å². The molecule has 0 aromatic heterocycles. The number of carbonyl (C=O) groups excluding carboxylic acids is 2. The number of morpholine rings is 1. The van der Waals surface area contributed by atoms with Gasteiger partial charge in [-0.2, -0.15) is 4.31 Å². The summed E-state index contributed by atoms with van der Waals surface area (Å²) >= 11 is 0. The van der Waals surface area contributed by atoms with Crippen LogP contribution in [0.1, 0.15) is 33.1 Å². The molecule has 1 aromatic rings. The molecule has 0 N–H and O–H groups in total. The van der Waals surface area contributed by atoms with Crippen LogP contribution in [0.2, 0.25) is 0 Å². The van der Waals surface area contributed by atoms with Crippen LogP contribution in [-0.4, -0.2) is 88.0 Å². The van der Waals surface area contributed by atoms with Crippen molar-refractivity contribution in [1.82, 2.24) is 9.21 Å². The molecule has 176 valence electrons. The van der Waals surface area contributed by atoms with E-state index in [2.05, 4.69) is 4.90 Å². The van der Waals surface area contributed by atoms with Crippen molar-refractivity contribution in [2.75, 3.05) is 62.3 Å². The smallest absolute Gasteiger partial charge is 0.250 e. The Morgan fingerprint density at radius 2 is 1.81 bits per heavy atom. The Morgan fingerprint density at radius 3 is 2.50 bits per heavy atom. The molecule has 1 unspecified atom stereocenters. The van der Waals surface area contributed by atoms with E-state index in [1.165, 1.54) is 9.21 Å². The van der Waals surface area contributed by atoms with Gasteiger partial charge < -0.3 is 14.5 Å². The number of anilines is 2. The van der Waals surface area contributed by atoms with E-state index in [1.54, 1.807) is 36.9 Å². The summed E-state index contributed by atoms with van der Waals surface area (Å²) in [6.45, 7) is 6.95. The molecule has 2 saturated heterocycles. The fourth-order valence-electron chi connectivity index (χ4n) is 4.82. The van der Waals surface area contributed by atoms with Crippen molar-refractivity contribution in [2.45, 2.75) is 44.0 Å². The third kappa shape index (κ3) is 4.11. The number of amides is 2. The molecule has 0 saturated carbocycles. The zero-order valence-electron chi connectivity index (χ0n) is 18.8. The van der Waals surface area contributed by atoms with Gasteiger partial charge in [-0.25, -0.2) is 8.42 Å². The maximum Gasteiger partial charge on any atom is 0.250 e. The van der Waals surface area contributed by atoms with Gasteiger partial charge in [-0.05, 0) is 37.5 Å². The molecule has 0 bridgehead atoms. The second kappa shape index (κ2) is 9.36. The number of sulfonamides is 1. The molecular weight excluding hydrogens is 432 g/mol. The van der Waals surface area contributed by atoms with Crippen LogP contribution in [0.5, 0.6) is 0 Å². The van der Waals surface area contributed by atoms with Gasteiger partial charge in [0.25, 0.3) is 0 Å². The zero-order valence-corrected chi connectivity index (χ0v) is 19.6. The van der Waals surface area contributed by atoms with Gasteiger partial charge in [0.15, 0.2) is 0 Å². The minimum atomic E-state index is -3.69. The fourth-order valence-corrected chi connectivity index (χ4v) is 6.30. The molecule has 3 heterocycles. The maximum absolute atomic E-state index is 13.5. The second-order valence-electron chi connectivity index (χ2n) is 8.36. The molecule has 32 heavy (non-hydrogen) atoms. The van der Waals surface area contributed by atoms with E-state index < -0.39 is 10.0 Å². The van der Waals surface area contributed by atoms with Gasteiger partial charge in [0.1, 0.15) is 12.6 Å². The molecule has 2 fully saturated rings. The zero-order chi connectivity index (χ0) is 22.9. The molecule has 1 atom stereocenters. The molecule has 2 amide bonds. The van der Waals surface area contributed by atoms with Crippen LogP contribution in [0.25, 0.3) is 0 Å². The molecule has 0 spiro atoms. The largest absolute Gasteiger partial charge is 0.378 e. The molecule has 4 rings (SSSR count). The summed E-state index contributed by atoms with van der Waals surface area (Å²) < 4.78 is 33.0. The van der Waals surface area contributed by atoms with Gasteiger partial charge in [-0.3, -0.25) is 14.5 Å². The first-order valence-corrected chi connectivity index (χ1v) is 12.9. The van der Waals surface area contributed by atoms with E-state index in [1.807, 2.05) is 0 Å². The number of hydrogen-bond acceptors (Lipinski definition) is 6. The normalized spacial score (nSPS) is 21.5. The highest BCUT2D eigenvalue weighted by Crippen LogP contribution is 2.41. The van der Waals surface area contributed by atoms with Crippen molar-refractivity contribution < 1.29 is 22.7 Å². The van der Waals surface area contributed by atoms with E-state index >= 15 is 0 Å². The second-order valence-corrected chi connectivity index (χ2v) is 10.3. The summed E-state index contributed by atoms with van der Waals surface area (Å²) in [5.41, 5.74) is 1.32. The van der Waals surface area contributed by atoms with Crippen molar-refractivity contribution in [3.63, 3.8) is 0 Å². The number of hydrogen-bond donors (Lipinski definition) is 0. The van der Waals surface area contributed by atoms with Gasteiger partial charge >= 0.3 is 0 Å². The highest BCUT2D eigenvalue weighted by atomic mass is 32.2. The number of nitrogens with zero attached hydrogens (tertiary/aromatic N) is 4. The highest BCUT2D eigenvalue weighted by molar-refractivity contribution is 7.89. The highest BCUT2D eigenvalue weighted by Gasteiger charge is 2.41. The Hall–Kier alpha value is -2.17. The third-order valence-corrected chi connectivity index (χ3v) is 8.65. The number of carbonyl (C=O) groups is 2. The Kier molecular flexibility index (Phi) is 6.73. The summed E-state index contributed by atoms with van der Waals surface area (Å²) in [4.78, 5) is 31.9. The molecule has 0 aliphatic carbocycles. The molecule has 3 aliphatic rings. The van der Waals surface area contributed by atoms with Gasteiger partial charge in [0, 0.05) is 32.7 Å². The van der Waals surface area contributed by atoms with Crippen LogP contribution in [0.3, 0.4) is 0 Å². The van der Waals surface area contributed by atoms with Gasteiger partial charge in [0.05, 0.1) is 29.5 Å². The minimum absolute atomic E-state index is 0.0923. The SMILES string of the molecule is CCN(CC)S(=O)(=O)c1ccc2c(c1)N(CC(=O)N1CCOCC1)C(=O)C1CCCCN21. The Morgan fingerprint density at radius 1 is 1.09 bits per heavy atom. The standard InChI is InChI=1S/C22H32N4O5S/c1-3-24(4-2)32(29,30)17-8-9-18-20(15-17)26(16-21(27)23-11-13-31-14-12-23)22(28)19-7-5-6-10-25(18)19/h8-9,15,19H,3-7,10-14,16H2,1-2H3. The lowest BCUT2D eigenvalue weighted by atomic mass is 9.96. The molecule has 1 aromatic carbocycles. The van der Waals surface area contributed by atoms with E-state index in [0.717, 1.165) is 31.5 Å². The number of fused-ring (bicyclic) bond motifs is 3. The number of piperidine rings is 1. The van der Waals surface area contributed by atoms with Crippen LogP contribution < -0.4 is 9.80 Å². The van der Waals surface area contributed by atoms with Gasteiger partial charge in [-0.1, -0.05) is 13.8 Å². The molecule has 3 aliphatic heterocycles. The van der Waals surface area contributed by atoms with Crippen molar-refractivity contribution >= 4 is 33.2 Å². The predicted octanol–water partition coefficient (Wildman–Crippen LogP) is 1.28. The van der Waals surface area contributed by atoms with E-state index in [-0.39, 0.29) is 29.3 Å². The summed E-state index contributed by atoms with van der Waals surface area (Å²) in [5, 5.41) is 0. The number of benzene rings is 1. The van der Waals surface area contributed by atoms with Crippen molar-refractivity contribution in [3.05, 3.63) is 18.2 Å². The Labute approximate surface area is 189 Å². The molecule has 9 nitrogen and oxygen atoms in total. The van der Waals surface area contributed by atoms with Crippen LogP contribution in [0.4, 0.5) is 11.4 Å². The number of rotatable bonds is 6. The summed E-state index contributed by atoms with van der Waals surface area (Å²) in [6.07, 6.45) is 2.68. The fraction of sp³-hybridized carbons (Fsp3) is 0.636. The quantitative estimate of drug-likeness (QED) is 0.630. The Bertz CT molecular complexity index is 973. The average Bonchev–Trinajstić information content (AvgIpc) is 2.82. The first kappa shape index (κ1) is 23.0. The van der Waals surface area contributed by atoms with Crippen molar-refractivity contribution in [3.8, 4) is 0 Å². The van der Waals surface area contributed by atoms with Crippen LogP contribution in [-0.2, 0) is 24.3 Å². The first-order valence-electron chi connectivity index (χ1n) is 11.5. The number of ether oxygens (including phenoxy) is 1. The first-order chi connectivity index (χ1) is 15.4. The summed E-state index contributed by atoms with van der Waals surface area (Å²) in [7, 11) is -3.69. The minimum Gasteiger partial charge on any atom is -0.378 e. The Balaban J connectivity index is 1.73. The van der Waals surface area contributed by atoms with Crippen LogP contribution >= 0.6 is 0 Å². The van der Waals surface area contributed by atoms with Crippen LogP contribution in [0.15, 0.2) is 23.1 Å². The lowest BCUT2D eigenvalue weighted by molar-refractivity contribution is -0.135. The molecule has 10 heteroatoms. The van der Waals surface area contributed by atoms with Gasteiger partial charge in [0.2, 0.25) is 21.8 Å². The predicted molar refractivity (Wildman–Crippen MR) is 121 cm³/mol. The monoisotopic (exact) mass is 464 g/mol. The summed E-state index contributed by atoms with van der Waals surface area (Å²) in [6, 6.07) is 4.68. The van der Waals surface area contributed by atoms with Crippen molar-refractivity contribution in [1.29, 1.82) is 0 Å². The van der Waals surface area contributed by atoms with E-state index in [0.29, 0.717) is 45.1 Å². The molecular formula is C22H32N4O5S. The third-order valence-electron chi connectivity index (χ3n) is 6.60. The van der Waals surface area contributed by atoms with Gasteiger partial charge in [-0.15, -0.1) is 0 Å². The van der Waals surface area contributed by atoms with E-state index in [9.17, 15) is 18.0 Å². The lowest BCUT2D eigenvalue weighted by Crippen LogP contribution is -2.57. The lowest BCUT2D eigenvalue weighted by Gasteiger charge is -2.45. The van der Waals surface area contributed by atoms with E-state index in [4.69, 9.17) is 4.74 Å². The molecule has 0 radical (unpaired) electrons. The average molecular weight is 465 g/mol.